The summed E-state index contributed by atoms with van der Waals surface area (Å²) in [5.41, 5.74) is 13.3. The molecule has 4 saturated heterocycles. The summed E-state index contributed by atoms with van der Waals surface area (Å²) in [6.45, 7) is 12.6. The Kier molecular flexibility index (Phi) is 29.1. The number of nitrogens with one attached hydrogen (secondary N) is 5. The molecule has 0 bridgehead atoms. The first-order valence-corrected chi connectivity index (χ1v) is 41.2. The number of hydrogen-bond donors (Lipinski definition) is 5. The van der Waals surface area contributed by atoms with Crippen molar-refractivity contribution in [2.24, 2.45) is 0 Å². The topological polar surface area (TPSA) is 245 Å². The Morgan fingerprint density at radius 1 is 0.438 bits per heavy atom. The molecule has 112 heavy (non-hydrogen) atoms. The van der Waals surface area contributed by atoms with Crippen LogP contribution in [0.15, 0.2) is 170 Å². The molecule has 5 N–H and O–H groups in total. The second-order valence-electron chi connectivity index (χ2n) is 30.0. The summed E-state index contributed by atoms with van der Waals surface area (Å²) in [5, 5.41) is 16.1. The molecular weight excluding hydrogens is 1430 g/mol. The molecule has 6 heterocycles. The van der Waals surface area contributed by atoms with E-state index in [-0.39, 0.29) is 62.4 Å². The average Bonchev–Trinajstić information content (AvgIpc) is 0.864. The van der Waals surface area contributed by atoms with Gasteiger partial charge in [0.1, 0.15) is 0 Å². The van der Waals surface area contributed by atoms with Gasteiger partial charge in [-0.2, -0.15) is 0 Å². The van der Waals surface area contributed by atoms with Crippen molar-refractivity contribution in [3.63, 3.8) is 0 Å². The van der Waals surface area contributed by atoms with Crippen LogP contribution < -0.4 is 36.4 Å². The van der Waals surface area contributed by atoms with Gasteiger partial charge in [-0.05, 0) is 229 Å². The van der Waals surface area contributed by atoms with E-state index in [1.54, 1.807) is 96.0 Å². The van der Waals surface area contributed by atoms with E-state index in [2.05, 4.69) is 82.6 Å². The average molecular weight is 1540 g/mol. The third kappa shape index (κ3) is 21.3. The predicted molar refractivity (Wildman–Crippen MR) is 448 cm³/mol. The van der Waals surface area contributed by atoms with Crippen LogP contribution in [-0.4, -0.2) is 203 Å². The summed E-state index contributed by atoms with van der Waals surface area (Å²) in [6, 6.07) is 49.2. The van der Waals surface area contributed by atoms with Crippen molar-refractivity contribution in [3.8, 4) is 22.5 Å². The van der Waals surface area contributed by atoms with Crippen LogP contribution in [0.2, 0.25) is 0 Å². The molecule has 0 spiro atoms. The highest BCUT2D eigenvalue weighted by molar-refractivity contribution is 7.88. The van der Waals surface area contributed by atoms with Gasteiger partial charge in [0.2, 0.25) is 10.0 Å². The van der Waals surface area contributed by atoms with Gasteiger partial charge in [-0.1, -0.05) is 75.5 Å². The SMILES string of the molecule is C.C.CN(CCN1CCCN(S(C)(=O)=O)CC1)C(=O)c1cccc(C(=O)Nc2ccc(N3CCCCC3)cc2-c2cc(C(=O)N[C@H]3CCCc4ccccc43)ccn2)c1.CN(CCN1CCCNCC1)C(=O)c1cccc(C(=O)Nc2ccc(N3CCCCC3)cc2-c2cc(C(=O)N[C@H]3CCCc4ccccc43)ccn2)c1. The number of carbonyl (C=O) groups is 6. The van der Waals surface area contributed by atoms with Gasteiger partial charge < -0.3 is 56.0 Å². The number of fused-ring (bicyclic) bond motifs is 2. The largest absolute Gasteiger partial charge is 0.372 e. The molecule has 6 aliphatic rings. The van der Waals surface area contributed by atoms with Gasteiger partial charge >= 0.3 is 0 Å². The zero-order chi connectivity index (χ0) is 76.5. The maximum atomic E-state index is 13.9. The number of aryl methyl sites for hydroxylation is 2. The highest BCUT2D eigenvalue weighted by Crippen LogP contribution is 2.37. The molecule has 4 aliphatic heterocycles. The van der Waals surface area contributed by atoms with Crippen molar-refractivity contribution < 1.29 is 37.2 Å². The number of rotatable bonds is 21. The zero-order valence-corrected chi connectivity index (χ0v) is 64.5. The fourth-order valence-corrected chi connectivity index (χ4v) is 16.8. The van der Waals surface area contributed by atoms with Gasteiger partial charge in [0.25, 0.3) is 35.4 Å². The number of likely N-dealkylation sites (N-methyl/N-ethyl adjacent to an activating group) is 2. The van der Waals surface area contributed by atoms with Gasteiger partial charge in [-0.25, -0.2) is 12.7 Å². The second kappa shape index (κ2) is 39.3. The molecule has 0 unspecified atom stereocenters. The molecule has 0 saturated carbocycles. The Morgan fingerprint density at radius 3 is 1.37 bits per heavy atom. The Balaban J connectivity index is 0.000000218. The number of sulfonamides is 1. The van der Waals surface area contributed by atoms with Gasteiger partial charge in [-0.15, -0.1) is 0 Å². The quantitative estimate of drug-likeness (QED) is 0.0449. The summed E-state index contributed by atoms with van der Waals surface area (Å²) in [5.74, 6) is -1.34. The number of nitrogens with zero attached hydrogens (tertiary/aromatic N) is 9. The molecule has 0 radical (unpaired) electrons. The fraction of sp³-hybridized carbons (Fsp3) is 0.416. The maximum Gasteiger partial charge on any atom is 0.255 e. The molecule has 6 amide bonds. The van der Waals surface area contributed by atoms with E-state index in [4.69, 9.17) is 9.97 Å². The molecule has 23 heteroatoms. The number of pyridine rings is 2. The predicted octanol–water partition coefficient (Wildman–Crippen LogP) is 13.3. The van der Waals surface area contributed by atoms with Crippen LogP contribution in [0.3, 0.4) is 0 Å². The molecule has 592 valence electrons. The molecule has 6 aromatic carbocycles. The summed E-state index contributed by atoms with van der Waals surface area (Å²) in [7, 11) is 0.318. The lowest BCUT2D eigenvalue weighted by atomic mass is 9.87. The monoisotopic (exact) mass is 1540 g/mol. The van der Waals surface area contributed by atoms with E-state index in [1.807, 2.05) is 61.6 Å². The number of carbonyl (C=O) groups excluding carboxylic acids is 6. The maximum absolute atomic E-state index is 13.9. The Morgan fingerprint density at radius 2 is 0.884 bits per heavy atom. The third-order valence-corrected chi connectivity index (χ3v) is 23.6. The first kappa shape index (κ1) is 82.8. The summed E-state index contributed by atoms with van der Waals surface area (Å²) < 4.78 is 25.5. The van der Waals surface area contributed by atoms with Crippen LogP contribution in [0.25, 0.3) is 22.5 Å². The Hall–Kier alpha value is -10.2. The number of aromatic nitrogens is 2. The normalized spacial score (nSPS) is 17.5. The minimum Gasteiger partial charge on any atom is -0.372 e. The van der Waals surface area contributed by atoms with Crippen LogP contribution in [0.5, 0.6) is 0 Å². The van der Waals surface area contributed by atoms with E-state index < -0.39 is 10.0 Å². The first-order chi connectivity index (χ1) is 53.5. The summed E-state index contributed by atoms with van der Waals surface area (Å²) in [6.07, 6.45) is 19.1. The van der Waals surface area contributed by atoms with Gasteiger partial charge in [0.05, 0.1) is 41.1 Å². The van der Waals surface area contributed by atoms with Gasteiger partial charge in [0.15, 0.2) is 0 Å². The molecule has 2 aliphatic carbocycles. The van der Waals surface area contributed by atoms with Gasteiger partial charge in [0, 0.05) is 167 Å². The van der Waals surface area contributed by atoms with Gasteiger partial charge in [-0.3, -0.25) is 38.7 Å². The second-order valence-corrected chi connectivity index (χ2v) is 32.0. The van der Waals surface area contributed by atoms with E-state index >= 15 is 0 Å². The Labute approximate surface area is 662 Å². The molecular formula is C89H112N14O8S. The van der Waals surface area contributed by atoms with Crippen LogP contribution in [0.4, 0.5) is 22.7 Å². The van der Waals surface area contributed by atoms with Crippen molar-refractivity contribution in [1.29, 1.82) is 0 Å². The van der Waals surface area contributed by atoms with Crippen molar-refractivity contribution in [1.82, 2.24) is 49.8 Å². The van der Waals surface area contributed by atoms with E-state index in [0.717, 1.165) is 159 Å². The number of amides is 6. The van der Waals surface area contributed by atoms with Crippen molar-refractivity contribution >= 4 is 68.2 Å². The van der Waals surface area contributed by atoms with E-state index in [9.17, 15) is 37.2 Å². The Bertz CT molecular complexity index is 4710. The van der Waals surface area contributed by atoms with E-state index in [1.165, 1.54) is 45.7 Å². The summed E-state index contributed by atoms with van der Waals surface area (Å²) in [4.78, 5) is 104. The van der Waals surface area contributed by atoms with Crippen LogP contribution in [0.1, 0.15) is 188 Å². The standard InChI is InChI=1S/C44H53N7O5S.C43H51N7O3.2CH4/c1-48(25-26-49-21-10-24-51(28-27-49)57(2,55)56)44(54)35-14-8-13-33(29-35)42(52)47-40-18-17-36(50-22-6-3-7-23-50)31-38(40)41-30-34(19-20-45-41)43(53)46-39-16-9-12-32-11-4-5-15-37(32)39;1-48(26-27-49-22-9-19-44-21-25-49)43(53)34-13-7-12-32(28-34)41(51)47-39-17-16-35(50-23-5-2-6-24-50)30-37(39)40-29-33(18-20-45-40)42(52)46-38-15-8-11-31-10-3-4-14-36(31)38;;/h4-5,8,11,13-15,17-20,29-31,39H,3,6-7,9-10,12,16,21-28H2,1-2H3,(H,46,53)(H,47,52);3-4,7,10,12-14,16-18,20,28-30,38,44H,2,5-6,8-9,11,15,19,21-27H2,1H3,(H,46,52)(H,47,51);2*1H4/t39-;38-;;/m00../s1. The third-order valence-electron chi connectivity index (χ3n) is 22.3. The first-order valence-electron chi connectivity index (χ1n) is 39.4. The number of anilines is 4. The van der Waals surface area contributed by atoms with E-state index in [0.29, 0.717) is 101 Å². The lowest BCUT2D eigenvalue weighted by molar-refractivity contribution is 0.0771. The fourth-order valence-electron chi connectivity index (χ4n) is 16.0. The molecule has 2 aromatic heterocycles. The van der Waals surface area contributed by atoms with Crippen molar-refractivity contribution in [2.45, 2.75) is 117 Å². The lowest BCUT2D eigenvalue weighted by Gasteiger charge is -2.29. The zero-order valence-electron chi connectivity index (χ0n) is 63.7. The summed E-state index contributed by atoms with van der Waals surface area (Å²) >= 11 is 0. The van der Waals surface area contributed by atoms with Crippen LogP contribution in [0, 0.1) is 0 Å². The number of hydrogen-bond acceptors (Lipinski definition) is 15. The number of piperidine rings is 2. The minimum atomic E-state index is -3.24. The molecule has 22 nitrogen and oxygen atoms in total. The molecule has 4 fully saturated rings. The van der Waals surface area contributed by atoms with Crippen LogP contribution in [-0.2, 0) is 22.9 Å². The highest BCUT2D eigenvalue weighted by atomic mass is 32.2. The molecule has 8 aromatic rings. The molecule has 14 rings (SSSR count). The minimum absolute atomic E-state index is 0. The van der Waals surface area contributed by atoms with Crippen molar-refractivity contribution in [2.75, 3.05) is 146 Å². The van der Waals surface area contributed by atoms with Crippen LogP contribution >= 0.6 is 0 Å². The highest BCUT2D eigenvalue weighted by Gasteiger charge is 2.29. The molecule has 2 atom stereocenters. The number of benzene rings is 6. The smallest absolute Gasteiger partial charge is 0.255 e. The van der Waals surface area contributed by atoms with Crippen molar-refractivity contribution in [3.05, 3.63) is 226 Å². The lowest BCUT2D eigenvalue weighted by Crippen LogP contribution is -2.39.